The summed E-state index contributed by atoms with van der Waals surface area (Å²) in [6.45, 7) is 0.724. The van der Waals surface area contributed by atoms with Crippen LogP contribution >= 0.6 is 0 Å². The monoisotopic (exact) mass is 345 g/mol. The third-order valence-electron chi connectivity index (χ3n) is 4.32. The highest BCUT2D eigenvalue weighted by Crippen LogP contribution is 2.19. The summed E-state index contributed by atoms with van der Waals surface area (Å²) in [6, 6.07) is 13.5. The number of aromatic nitrogens is 4. The van der Waals surface area contributed by atoms with Crippen LogP contribution in [0.1, 0.15) is 12.0 Å². The van der Waals surface area contributed by atoms with Crippen LogP contribution < -0.4 is 10.9 Å². The molecule has 6 nitrogen and oxygen atoms in total. The van der Waals surface area contributed by atoms with E-state index in [2.05, 4.69) is 49.6 Å². The summed E-state index contributed by atoms with van der Waals surface area (Å²) in [5, 5.41) is 4.48. The van der Waals surface area contributed by atoms with Crippen molar-refractivity contribution in [3.8, 4) is 11.3 Å². The minimum absolute atomic E-state index is 0.269. The zero-order valence-corrected chi connectivity index (χ0v) is 14.2. The number of hydrogen-bond donors (Lipinski definition) is 3. The second-order valence-corrected chi connectivity index (χ2v) is 6.11. The third kappa shape index (κ3) is 3.49. The van der Waals surface area contributed by atoms with Gasteiger partial charge in [-0.2, -0.15) is 4.98 Å². The second kappa shape index (κ2) is 7.23. The number of rotatable bonds is 6. The van der Waals surface area contributed by atoms with Crippen molar-refractivity contribution in [1.29, 1.82) is 0 Å². The Balaban J connectivity index is 1.40. The fourth-order valence-corrected chi connectivity index (χ4v) is 3.05. The van der Waals surface area contributed by atoms with Crippen LogP contribution in [0.15, 0.2) is 65.8 Å². The summed E-state index contributed by atoms with van der Waals surface area (Å²) in [7, 11) is 0. The van der Waals surface area contributed by atoms with Gasteiger partial charge in [0.05, 0.1) is 5.69 Å². The van der Waals surface area contributed by atoms with E-state index in [1.165, 1.54) is 17.0 Å². The molecule has 0 aliphatic carbocycles. The van der Waals surface area contributed by atoms with Gasteiger partial charge in [0.25, 0.3) is 5.56 Å². The van der Waals surface area contributed by atoms with Gasteiger partial charge in [-0.1, -0.05) is 18.2 Å². The first-order chi connectivity index (χ1) is 12.8. The topological polar surface area (TPSA) is 86.5 Å². The average Bonchev–Trinajstić information content (AvgIpc) is 3.09. The number of aryl methyl sites for hydroxylation is 1. The van der Waals surface area contributed by atoms with Gasteiger partial charge in [-0.25, -0.2) is 0 Å². The molecule has 130 valence electrons. The summed E-state index contributed by atoms with van der Waals surface area (Å²) in [5.41, 5.74) is 3.82. The molecule has 4 aromatic rings. The number of anilines is 1. The Bertz CT molecular complexity index is 1070. The van der Waals surface area contributed by atoms with Gasteiger partial charge >= 0.3 is 0 Å². The molecular formula is C20H19N5O. The van der Waals surface area contributed by atoms with Crippen LogP contribution in [-0.2, 0) is 6.42 Å². The maximum absolute atomic E-state index is 11.9. The zero-order valence-electron chi connectivity index (χ0n) is 14.2. The van der Waals surface area contributed by atoms with Crippen LogP contribution in [-0.4, -0.2) is 26.5 Å². The van der Waals surface area contributed by atoms with E-state index in [1.807, 2.05) is 18.2 Å². The molecule has 0 radical (unpaired) electrons. The van der Waals surface area contributed by atoms with E-state index in [4.69, 9.17) is 0 Å². The van der Waals surface area contributed by atoms with Crippen LogP contribution in [0.25, 0.3) is 22.2 Å². The van der Waals surface area contributed by atoms with Crippen molar-refractivity contribution in [3.05, 3.63) is 77.0 Å². The van der Waals surface area contributed by atoms with Gasteiger partial charge in [-0.05, 0) is 36.6 Å². The predicted molar refractivity (Wildman–Crippen MR) is 103 cm³/mol. The molecule has 3 heterocycles. The van der Waals surface area contributed by atoms with Gasteiger partial charge in [0.2, 0.25) is 5.95 Å². The molecule has 26 heavy (non-hydrogen) atoms. The van der Waals surface area contributed by atoms with E-state index in [0.29, 0.717) is 5.95 Å². The fourth-order valence-electron chi connectivity index (χ4n) is 3.05. The lowest BCUT2D eigenvalue weighted by molar-refractivity contribution is 0.856. The summed E-state index contributed by atoms with van der Waals surface area (Å²) < 4.78 is 0. The van der Waals surface area contributed by atoms with E-state index in [0.717, 1.165) is 36.2 Å². The van der Waals surface area contributed by atoms with Crippen molar-refractivity contribution in [2.45, 2.75) is 12.8 Å². The molecule has 0 spiro atoms. The molecule has 0 saturated carbocycles. The van der Waals surface area contributed by atoms with E-state index in [-0.39, 0.29) is 5.56 Å². The number of aromatic amines is 2. The van der Waals surface area contributed by atoms with Gasteiger partial charge in [-0.15, -0.1) is 0 Å². The fraction of sp³-hybridized carbons (Fsp3) is 0.150. The smallest absolute Gasteiger partial charge is 0.275 e. The van der Waals surface area contributed by atoms with Gasteiger partial charge < -0.3 is 15.3 Å². The van der Waals surface area contributed by atoms with E-state index >= 15 is 0 Å². The minimum Gasteiger partial charge on any atom is -0.361 e. The van der Waals surface area contributed by atoms with Crippen molar-refractivity contribution in [1.82, 2.24) is 19.9 Å². The van der Waals surface area contributed by atoms with Crippen molar-refractivity contribution >= 4 is 16.9 Å². The molecule has 0 fully saturated rings. The number of pyridine rings is 1. The molecule has 3 aromatic heterocycles. The van der Waals surface area contributed by atoms with Crippen LogP contribution in [0.3, 0.4) is 0 Å². The molecule has 6 heteroatoms. The Labute approximate surface area is 150 Å². The van der Waals surface area contributed by atoms with Crippen molar-refractivity contribution in [3.63, 3.8) is 0 Å². The molecular weight excluding hydrogens is 326 g/mol. The first-order valence-corrected chi connectivity index (χ1v) is 8.60. The number of benzene rings is 1. The molecule has 1 aromatic carbocycles. The minimum atomic E-state index is -0.269. The number of nitrogens with one attached hydrogen (secondary N) is 3. The second-order valence-electron chi connectivity index (χ2n) is 6.11. The van der Waals surface area contributed by atoms with E-state index < -0.39 is 0 Å². The standard InChI is InChI=1S/C20H19N5O/c26-19-12-18(14-7-10-21-11-8-14)24-20(25-19)22-9-3-4-15-13-23-17-6-2-1-5-16(15)17/h1-2,5-8,10-13,23H,3-4,9H2,(H2,22,24,25,26). The van der Waals surface area contributed by atoms with Crippen molar-refractivity contribution in [2.24, 2.45) is 0 Å². The number of nitrogens with zero attached hydrogens (tertiary/aromatic N) is 2. The van der Waals surface area contributed by atoms with Gasteiger partial charge in [0.1, 0.15) is 0 Å². The van der Waals surface area contributed by atoms with Crippen LogP contribution in [0, 0.1) is 0 Å². The Morgan fingerprint density at radius 3 is 2.81 bits per heavy atom. The Kier molecular flexibility index (Phi) is 4.47. The van der Waals surface area contributed by atoms with Crippen LogP contribution in [0.2, 0.25) is 0 Å². The molecule has 3 N–H and O–H groups in total. The van der Waals surface area contributed by atoms with Crippen molar-refractivity contribution < 1.29 is 0 Å². The summed E-state index contributed by atoms with van der Waals surface area (Å²) in [4.78, 5) is 26.3. The highest BCUT2D eigenvalue weighted by Gasteiger charge is 2.05. The SMILES string of the molecule is O=c1cc(-c2ccncc2)[nH]c(NCCCc2c[nH]c3ccccc23)n1. The lowest BCUT2D eigenvalue weighted by Crippen LogP contribution is -2.14. The molecule has 0 aliphatic heterocycles. The lowest BCUT2D eigenvalue weighted by Gasteiger charge is -2.07. The summed E-state index contributed by atoms with van der Waals surface area (Å²) >= 11 is 0. The van der Waals surface area contributed by atoms with Crippen LogP contribution in [0.5, 0.6) is 0 Å². The number of fused-ring (bicyclic) bond motifs is 1. The molecule has 0 bridgehead atoms. The van der Waals surface area contributed by atoms with Gasteiger partial charge in [0, 0.05) is 47.7 Å². The van der Waals surface area contributed by atoms with E-state index in [9.17, 15) is 4.79 Å². The first-order valence-electron chi connectivity index (χ1n) is 8.60. The van der Waals surface area contributed by atoms with Gasteiger partial charge in [0.15, 0.2) is 0 Å². The number of para-hydroxylation sites is 1. The quantitative estimate of drug-likeness (QED) is 0.468. The molecule has 4 rings (SSSR count). The highest BCUT2D eigenvalue weighted by molar-refractivity contribution is 5.83. The highest BCUT2D eigenvalue weighted by atomic mass is 16.1. The predicted octanol–water partition coefficient (Wildman–Crippen LogP) is 3.36. The molecule has 0 aliphatic rings. The molecule has 0 unspecified atom stereocenters. The maximum atomic E-state index is 11.9. The van der Waals surface area contributed by atoms with Crippen LogP contribution in [0.4, 0.5) is 5.95 Å². The summed E-state index contributed by atoms with van der Waals surface area (Å²) in [6.07, 6.45) is 7.34. The Hall–Kier alpha value is -3.41. The largest absolute Gasteiger partial charge is 0.361 e. The Morgan fingerprint density at radius 1 is 1.08 bits per heavy atom. The van der Waals surface area contributed by atoms with Gasteiger partial charge in [-0.3, -0.25) is 9.78 Å². The van der Waals surface area contributed by atoms with Crippen molar-refractivity contribution in [2.75, 3.05) is 11.9 Å². The third-order valence-corrected chi connectivity index (χ3v) is 4.32. The normalized spacial score (nSPS) is 10.9. The number of hydrogen-bond acceptors (Lipinski definition) is 4. The average molecular weight is 345 g/mol. The zero-order chi connectivity index (χ0) is 17.8. The maximum Gasteiger partial charge on any atom is 0.275 e. The molecule has 0 amide bonds. The molecule has 0 saturated heterocycles. The lowest BCUT2D eigenvalue weighted by atomic mass is 10.1. The first kappa shape index (κ1) is 16.1. The Morgan fingerprint density at radius 2 is 1.92 bits per heavy atom. The number of H-pyrrole nitrogens is 2. The van der Waals surface area contributed by atoms with E-state index in [1.54, 1.807) is 12.4 Å². The summed E-state index contributed by atoms with van der Waals surface area (Å²) in [5.74, 6) is 0.489. The molecule has 0 atom stereocenters.